The van der Waals surface area contributed by atoms with E-state index in [1.54, 1.807) is 12.1 Å². The van der Waals surface area contributed by atoms with E-state index >= 15 is 0 Å². The molecule has 144 valence electrons. The van der Waals surface area contributed by atoms with Gasteiger partial charge in [0.1, 0.15) is 5.82 Å². The third-order valence-corrected chi connectivity index (χ3v) is 5.00. The second-order valence-electron chi connectivity index (χ2n) is 6.80. The van der Waals surface area contributed by atoms with E-state index in [0.29, 0.717) is 19.5 Å². The number of rotatable bonds is 7. The van der Waals surface area contributed by atoms with Crippen LogP contribution >= 0.6 is 0 Å². The summed E-state index contributed by atoms with van der Waals surface area (Å²) in [7, 11) is 0. The molecule has 0 aliphatic carbocycles. The molecule has 1 aliphatic rings. The molecule has 6 heteroatoms. The van der Waals surface area contributed by atoms with Gasteiger partial charge in [-0.2, -0.15) is 0 Å². The third kappa shape index (κ3) is 5.28. The summed E-state index contributed by atoms with van der Waals surface area (Å²) < 4.78 is 13.0. The molecule has 0 aromatic heterocycles. The van der Waals surface area contributed by atoms with Crippen LogP contribution in [0, 0.1) is 5.82 Å². The maximum atomic E-state index is 13.0. The lowest BCUT2D eigenvalue weighted by Gasteiger charge is -2.39. The number of nitrogens with two attached hydrogens (primary N) is 1. The Bertz CT molecular complexity index is 715. The van der Waals surface area contributed by atoms with Crippen molar-refractivity contribution in [2.45, 2.75) is 19.0 Å². The van der Waals surface area contributed by atoms with Crippen molar-refractivity contribution in [3.05, 3.63) is 66.0 Å². The third-order valence-electron chi connectivity index (χ3n) is 5.00. The van der Waals surface area contributed by atoms with Crippen LogP contribution in [0.3, 0.4) is 0 Å². The van der Waals surface area contributed by atoms with Crippen molar-refractivity contribution in [2.24, 2.45) is 5.73 Å². The Morgan fingerprint density at radius 3 is 2.33 bits per heavy atom. The van der Waals surface area contributed by atoms with E-state index in [0.717, 1.165) is 31.7 Å². The number of nitrogens with zero attached hydrogens (tertiary/aromatic N) is 2. The highest BCUT2D eigenvalue weighted by Crippen LogP contribution is 2.17. The summed E-state index contributed by atoms with van der Waals surface area (Å²) in [4.78, 5) is 17.3. The van der Waals surface area contributed by atoms with Crippen molar-refractivity contribution >= 4 is 11.6 Å². The standard InChI is InChI=1S/C21H27FN4O/c22-18-8-6-17(7-9-18)16-24-21(27)20(10-11-23)26-14-12-25(13-15-26)19-4-2-1-3-5-19/h1-9,20H,10-16,23H2,(H,24,27). The van der Waals surface area contributed by atoms with Crippen LogP contribution in [0.5, 0.6) is 0 Å². The molecule has 3 N–H and O–H groups in total. The number of carbonyl (C=O) groups excluding carboxylic acids is 1. The van der Waals surface area contributed by atoms with E-state index in [-0.39, 0.29) is 17.8 Å². The molecule has 0 saturated carbocycles. The number of anilines is 1. The average molecular weight is 370 g/mol. The van der Waals surface area contributed by atoms with Gasteiger partial charge >= 0.3 is 0 Å². The van der Waals surface area contributed by atoms with Crippen molar-refractivity contribution in [2.75, 3.05) is 37.6 Å². The van der Waals surface area contributed by atoms with Crippen LogP contribution < -0.4 is 16.0 Å². The Hall–Kier alpha value is -2.44. The second-order valence-corrected chi connectivity index (χ2v) is 6.80. The Balaban J connectivity index is 1.55. The van der Waals surface area contributed by atoms with Crippen LogP contribution in [0.2, 0.25) is 0 Å². The SMILES string of the molecule is NCCC(C(=O)NCc1ccc(F)cc1)N1CCN(c2ccccc2)CC1. The lowest BCUT2D eigenvalue weighted by atomic mass is 10.1. The number of para-hydroxylation sites is 1. The van der Waals surface area contributed by atoms with Crippen LogP contribution in [0.4, 0.5) is 10.1 Å². The Morgan fingerprint density at radius 1 is 1.04 bits per heavy atom. The van der Waals surface area contributed by atoms with E-state index in [4.69, 9.17) is 5.73 Å². The van der Waals surface area contributed by atoms with Crippen LogP contribution in [-0.2, 0) is 11.3 Å². The van der Waals surface area contributed by atoms with Crippen LogP contribution in [0.15, 0.2) is 54.6 Å². The first-order valence-electron chi connectivity index (χ1n) is 9.43. The minimum Gasteiger partial charge on any atom is -0.369 e. The van der Waals surface area contributed by atoms with Crippen molar-refractivity contribution in [3.8, 4) is 0 Å². The Morgan fingerprint density at radius 2 is 1.70 bits per heavy atom. The molecule has 1 saturated heterocycles. The Kier molecular flexibility index (Phi) is 6.79. The number of nitrogens with one attached hydrogen (secondary N) is 1. The largest absolute Gasteiger partial charge is 0.369 e. The summed E-state index contributed by atoms with van der Waals surface area (Å²) in [6.45, 7) is 4.28. The van der Waals surface area contributed by atoms with Gasteiger partial charge in [0, 0.05) is 38.4 Å². The number of hydrogen-bond donors (Lipinski definition) is 2. The first kappa shape index (κ1) is 19.3. The smallest absolute Gasteiger partial charge is 0.237 e. The summed E-state index contributed by atoms with van der Waals surface area (Å²) in [5.41, 5.74) is 7.85. The van der Waals surface area contributed by atoms with Gasteiger partial charge in [-0.3, -0.25) is 9.69 Å². The van der Waals surface area contributed by atoms with Gasteiger partial charge in [0.15, 0.2) is 0 Å². The summed E-state index contributed by atoms with van der Waals surface area (Å²) in [5.74, 6) is -0.291. The van der Waals surface area contributed by atoms with Crippen LogP contribution in [0.1, 0.15) is 12.0 Å². The topological polar surface area (TPSA) is 61.6 Å². The molecule has 5 nitrogen and oxygen atoms in total. The van der Waals surface area contributed by atoms with Crippen molar-refractivity contribution in [1.82, 2.24) is 10.2 Å². The van der Waals surface area contributed by atoms with Gasteiger partial charge in [-0.25, -0.2) is 4.39 Å². The summed E-state index contributed by atoms with van der Waals surface area (Å²) in [6.07, 6.45) is 0.626. The number of hydrogen-bond acceptors (Lipinski definition) is 4. The van der Waals surface area contributed by atoms with Gasteiger partial charge in [-0.1, -0.05) is 30.3 Å². The van der Waals surface area contributed by atoms with Crippen LogP contribution in [0.25, 0.3) is 0 Å². The molecular weight excluding hydrogens is 343 g/mol. The zero-order valence-electron chi connectivity index (χ0n) is 15.5. The molecular formula is C21H27FN4O. The molecule has 0 bridgehead atoms. The van der Waals surface area contributed by atoms with Gasteiger partial charge < -0.3 is 16.0 Å². The Labute approximate surface area is 160 Å². The summed E-state index contributed by atoms with van der Waals surface area (Å²) in [5, 5.41) is 2.97. The number of piperazine rings is 1. The molecule has 1 heterocycles. The molecule has 1 aliphatic heterocycles. The van der Waals surface area contributed by atoms with E-state index in [1.165, 1.54) is 17.8 Å². The zero-order chi connectivity index (χ0) is 19.1. The highest BCUT2D eigenvalue weighted by atomic mass is 19.1. The van der Waals surface area contributed by atoms with Gasteiger partial charge in [0.25, 0.3) is 0 Å². The van der Waals surface area contributed by atoms with E-state index in [2.05, 4.69) is 27.2 Å². The van der Waals surface area contributed by atoms with E-state index in [1.807, 2.05) is 18.2 Å². The van der Waals surface area contributed by atoms with Gasteiger partial charge in [0.2, 0.25) is 5.91 Å². The molecule has 1 unspecified atom stereocenters. The number of halogens is 1. The second kappa shape index (κ2) is 9.48. The quantitative estimate of drug-likeness (QED) is 0.782. The van der Waals surface area contributed by atoms with E-state index < -0.39 is 0 Å². The van der Waals surface area contributed by atoms with Crippen molar-refractivity contribution < 1.29 is 9.18 Å². The monoisotopic (exact) mass is 370 g/mol. The summed E-state index contributed by atoms with van der Waals surface area (Å²) >= 11 is 0. The van der Waals surface area contributed by atoms with E-state index in [9.17, 15) is 9.18 Å². The highest BCUT2D eigenvalue weighted by Gasteiger charge is 2.28. The number of benzene rings is 2. The molecule has 1 atom stereocenters. The predicted octanol–water partition coefficient (Wildman–Crippen LogP) is 1.98. The van der Waals surface area contributed by atoms with Gasteiger partial charge in [-0.05, 0) is 42.8 Å². The molecule has 0 spiro atoms. The number of amides is 1. The van der Waals surface area contributed by atoms with Crippen molar-refractivity contribution in [3.63, 3.8) is 0 Å². The molecule has 1 amide bonds. The minimum atomic E-state index is -0.276. The van der Waals surface area contributed by atoms with Crippen molar-refractivity contribution in [1.29, 1.82) is 0 Å². The van der Waals surface area contributed by atoms with Gasteiger partial charge in [-0.15, -0.1) is 0 Å². The molecule has 3 rings (SSSR count). The first-order chi connectivity index (χ1) is 13.2. The lowest BCUT2D eigenvalue weighted by molar-refractivity contribution is -0.127. The fraction of sp³-hybridized carbons (Fsp3) is 0.381. The molecule has 1 fully saturated rings. The highest BCUT2D eigenvalue weighted by molar-refractivity contribution is 5.81. The van der Waals surface area contributed by atoms with Gasteiger partial charge in [0.05, 0.1) is 6.04 Å². The first-order valence-corrected chi connectivity index (χ1v) is 9.43. The average Bonchev–Trinajstić information content (AvgIpc) is 2.72. The fourth-order valence-electron chi connectivity index (χ4n) is 3.48. The number of carbonyl (C=O) groups is 1. The molecule has 2 aromatic carbocycles. The molecule has 0 radical (unpaired) electrons. The fourth-order valence-corrected chi connectivity index (χ4v) is 3.48. The minimum absolute atomic E-state index is 0.0158. The maximum absolute atomic E-state index is 13.0. The molecule has 2 aromatic rings. The normalized spacial score (nSPS) is 16.1. The predicted molar refractivity (Wildman–Crippen MR) is 106 cm³/mol. The van der Waals surface area contributed by atoms with Crippen LogP contribution in [-0.4, -0.2) is 49.6 Å². The lowest BCUT2D eigenvalue weighted by Crippen LogP contribution is -2.55. The summed E-state index contributed by atoms with van der Waals surface area (Å²) in [6, 6.07) is 16.3. The maximum Gasteiger partial charge on any atom is 0.237 e. The molecule has 27 heavy (non-hydrogen) atoms. The zero-order valence-corrected chi connectivity index (χ0v) is 15.5.